The highest BCUT2D eigenvalue weighted by Gasteiger charge is 2.50. The van der Waals surface area contributed by atoms with Crippen LogP contribution in [0.1, 0.15) is 21.5 Å². The minimum atomic E-state index is -4.00. The molecule has 0 aromatic heterocycles. The van der Waals surface area contributed by atoms with Crippen molar-refractivity contribution in [3.05, 3.63) is 108 Å². The van der Waals surface area contributed by atoms with Crippen LogP contribution in [-0.2, 0) is 46.5 Å². The lowest BCUT2D eigenvalue weighted by Gasteiger charge is -2.28. The van der Waals surface area contributed by atoms with E-state index in [1.807, 2.05) is 60.7 Å². The van der Waals surface area contributed by atoms with Crippen molar-refractivity contribution >= 4 is 16.1 Å². The third-order valence-corrected chi connectivity index (χ3v) is 6.45. The molecule has 1 N–H and O–H groups in total. The van der Waals surface area contributed by atoms with Crippen molar-refractivity contribution in [3.8, 4) is 0 Å². The maximum Gasteiger partial charge on any atom is 0.338 e. The Morgan fingerprint density at radius 1 is 0.842 bits per heavy atom. The number of hydrogen-bond donors (Lipinski definition) is 1. The first kappa shape index (κ1) is 27.9. The summed E-state index contributed by atoms with van der Waals surface area (Å²) in [6.07, 6.45) is -4.92. The van der Waals surface area contributed by atoms with Crippen LogP contribution >= 0.6 is 0 Å². The SMILES string of the molecule is CS(=O)(=O)O[C@@H](COC(=O)c1ccccc1)[C@@H]1OC(O)C(OCc2ccccc2)[C@H]1OCc1ccccc1. The number of ether oxygens (including phenoxy) is 4. The van der Waals surface area contributed by atoms with Crippen molar-refractivity contribution in [2.45, 2.75) is 43.9 Å². The van der Waals surface area contributed by atoms with Crippen molar-refractivity contribution in [2.24, 2.45) is 0 Å². The van der Waals surface area contributed by atoms with Gasteiger partial charge in [0.25, 0.3) is 10.1 Å². The molecule has 0 bridgehead atoms. The standard InChI is InChI=1S/C28H30O9S/c1-38(31,32)37-23(19-35-27(29)22-15-9-4-10-16-22)24-25(33-17-20-11-5-2-6-12-20)26(28(30)36-24)34-18-21-13-7-3-8-14-21/h2-16,23-26,28,30H,17-19H2,1H3/t23-,24-,25-,26?,28?/m0/s1. The summed E-state index contributed by atoms with van der Waals surface area (Å²) in [4.78, 5) is 12.5. The quantitative estimate of drug-likeness (QED) is 0.272. The van der Waals surface area contributed by atoms with E-state index in [0.717, 1.165) is 17.4 Å². The molecule has 0 radical (unpaired) electrons. The van der Waals surface area contributed by atoms with Crippen LogP contribution < -0.4 is 0 Å². The van der Waals surface area contributed by atoms with E-state index in [2.05, 4.69) is 0 Å². The van der Waals surface area contributed by atoms with Crippen LogP contribution in [-0.4, -0.2) is 63.1 Å². The Labute approximate surface area is 222 Å². The average molecular weight is 543 g/mol. The van der Waals surface area contributed by atoms with Gasteiger partial charge in [-0.2, -0.15) is 8.42 Å². The van der Waals surface area contributed by atoms with E-state index >= 15 is 0 Å². The molecule has 4 rings (SSSR count). The van der Waals surface area contributed by atoms with E-state index < -0.39 is 53.4 Å². The molecule has 0 aliphatic carbocycles. The van der Waals surface area contributed by atoms with Crippen molar-refractivity contribution in [1.29, 1.82) is 0 Å². The van der Waals surface area contributed by atoms with Crippen molar-refractivity contribution in [3.63, 3.8) is 0 Å². The summed E-state index contributed by atoms with van der Waals surface area (Å²) >= 11 is 0. The normalized spacial score (nSPS) is 22.2. The zero-order valence-corrected chi connectivity index (χ0v) is 21.6. The van der Waals surface area contributed by atoms with Crippen LogP contribution in [0.5, 0.6) is 0 Å². The molecule has 0 saturated carbocycles. The van der Waals surface area contributed by atoms with Gasteiger partial charge in [-0.3, -0.25) is 4.18 Å². The summed E-state index contributed by atoms with van der Waals surface area (Å²) in [6.45, 7) is -0.169. The smallest absolute Gasteiger partial charge is 0.338 e. The summed E-state index contributed by atoms with van der Waals surface area (Å²) in [6, 6.07) is 26.9. The zero-order chi connectivity index (χ0) is 27.0. The molecule has 202 valence electrons. The maximum absolute atomic E-state index is 12.5. The summed E-state index contributed by atoms with van der Waals surface area (Å²) in [7, 11) is -4.00. The Kier molecular flexibility index (Phi) is 9.62. The van der Waals surface area contributed by atoms with Gasteiger partial charge in [0.05, 0.1) is 25.0 Å². The third-order valence-electron chi connectivity index (χ3n) is 5.85. The number of aliphatic hydroxyl groups is 1. The van der Waals surface area contributed by atoms with Crippen LogP contribution in [0.2, 0.25) is 0 Å². The third kappa shape index (κ3) is 7.94. The number of aliphatic hydroxyl groups excluding tert-OH is 1. The highest BCUT2D eigenvalue weighted by Crippen LogP contribution is 2.31. The summed E-state index contributed by atoms with van der Waals surface area (Å²) in [5.41, 5.74) is 2.01. The Hall–Kier alpha value is -3.12. The van der Waals surface area contributed by atoms with Crippen molar-refractivity contribution in [1.82, 2.24) is 0 Å². The molecular formula is C28H30O9S. The van der Waals surface area contributed by atoms with Gasteiger partial charge in [0.2, 0.25) is 0 Å². The van der Waals surface area contributed by atoms with E-state index in [4.69, 9.17) is 23.1 Å². The van der Waals surface area contributed by atoms with E-state index in [0.29, 0.717) is 5.56 Å². The molecule has 0 amide bonds. The van der Waals surface area contributed by atoms with Gasteiger partial charge in [0, 0.05) is 0 Å². The minimum absolute atomic E-state index is 0.138. The lowest BCUT2D eigenvalue weighted by Crippen LogP contribution is -2.45. The molecule has 0 spiro atoms. The number of esters is 1. The molecule has 5 atom stereocenters. The van der Waals surface area contributed by atoms with Crippen LogP contribution in [0.15, 0.2) is 91.0 Å². The second-order valence-electron chi connectivity index (χ2n) is 8.82. The lowest BCUT2D eigenvalue weighted by atomic mass is 10.1. The van der Waals surface area contributed by atoms with Crippen molar-refractivity contribution < 1.29 is 41.4 Å². The highest BCUT2D eigenvalue weighted by molar-refractivity contribution is 7.86. The molecule has 1 aliphatic heterocycles. The predicted octanol–water partition coefficient (Wildman–Crippen LogP) is 3.08. The molecule has 1 fully saturated rings. The van der Waals surface area contributed by atoms with Crippen LogP contribution in [0, 0.1) is 0 Å². The summed E-state index contributed by atoms with van der Waals surface area (Å²) in [5.74, 6) is -0.662. The number of carbonyl (C=O) groups is 1. The fourth-order valence-electron chi connectivity index (χ4n) is 4.08. The molecule has 3 aromatic rings. The largest absolute Gasteiger partial charge is 0.459 e. The maximum atomic E-state index is 12.5. The van der Waals surface area contributed by atoms with Crippen LogP contribution in [0.25, 0.3) is 0 Å². The van der Waals surface area contributed by atoms with Gasteiger partial charge >= 0.3 is 5.97 Å². The van der Waals surface area contributed by atoms with E-state index in [1.54, 1.807) is 30.3 Å². The minimum Gasteiger partial charge on any atom is -0.459 e. The van der Waals surface area contributed by atoms with Gasteiger partial charge in [-0.1, -0.05) is 78.9 Å². The molecule has 1 saturated heterocycles. The number of benzene rings is 3. The van der Waals surface area contributed by atoms with Gasteiger partial charge in [0.1, 0.15) is 31.0 Å². The Bertz CT molecular complexity index is 1250. The summed E-state index contributed by atoms with van der Waals surface area (Å²) < 4.78 is 52.8. The van der Waals surface area contributed by atoms with Crippen LogP contribution in [0.4, 0.5) is 0 Å². The first-order chi connectivity index (χ1) is 18.3. The van der Waals surface area contributed by atoms with E-state index in [-0.39, 0.29) is 13.2 Å². The zero-order valence-electron chi connectivity index (χ0n) is 20.8. The number of rotatable bonds is 12. The molecule has 38 heavy (non-hydrogen) atoms. The van der Waals surface area contributed by atoms with E-state index in [9.17, 15) is 18.3 Å². The first-order valence-corrected chi connectivity index (χ1v) is 13.9. The summed E-state index contributed by atoms with van der Waals surface area (Å²) in [5, 5.41) is 10.8. The molecule has 9 nitrogen and oxygen atoms in total. The predicted molar refractivity (Wildman–Crippen MR) is 137 cm³/mol. The Balaban J connectivity index is 1.54. The second-order valence-corrected chi connectivity index (χ2v) is 10.4. The topological polar surface area (TPSA) is 118 Å². The molecule has 10 heteroatoms. The molecular weight excluding hydrogens is 512 g/mol. The van der Waals surface area contributed by atoms with Gasteiger partial charge in [-0.25, -0.2) is 4.79 Å². The number of carbonyl (C=O) groups excluding carboxylic acids is 1. The Morgan fingerprint density at radius 3 is 1.87 bits per heavy atom. The Morgan fingerprint density at radius 2 is 1.34 bits per heavy atom. The molecule has 2 unspecified atom stereocenters. The van der Waals surface area contributed by atoms with Gasteiger partial charge in [0.15, 0.2) is 6.29 Å². The average Bonchev–Trinajstić information content (AvgIpc) is 3.24. The first-order valence-electron chi connectivity index (χ1n) is 12.0. The molecule has 3 aromatic carbocycles. The van der Waals surface area contributed by atoms with Gasteiger partial charge in [-0.15, -0.1) is 0 Å². The second kappa shape index (κ2) is 13.1. The van der Waals surface area contributed by atoms with Gasteiger partial charge in [-0.05, 0) is 23.3 Å². The number of hydrogen-bond acceptors (Lipinski definition) is 9. The monoisotopic (exact) mass is 542 g/mol. The molecule has 1 heterocycles. The fraction of sp³-hybridized carbons (Fsp3) is 0.321. The van der Waals surface area contributed by atoms with Crippen LogP contribution in [0.3, 0.4) is 0 Å². The van der Waals surface area contributed by atoms with E-state index in [1.165, 1.54) is 0 Å². The lowest BCUT2D eigenvalue weighted by molar-refractivity contribution is -0.158. The highest BCUT2D eigenvalue weighted by atomic mass is 32.2. The molecule has 1 aliphatic rings. The fourth-order valence-corrected chi connectivity index (χ4v) is 4.70. The van der Waals surface area contributed by atoms with Crippen molar-refractivity contribution in [2.75, 3.05) is 12.9 Å². The van der Waals surface area contributed by atoms with Gasteiger partial charge < -0.3 is 24.1 Å².